The van der Waals surface area contributed by atoms with Gasteiger partial charge >= 0.3 is 12.1 Å². The number of piperazine rings is 1. The van der Waals surface area contributed by atoms with E-state index in [0.29, 0.717) is 48.0 Å². The maximum atomic E-state index is 14.5. The number of fused-ring (bicyclic) bond motifs is 4. The van der Waals surface area contributed by atoms with E-state index in [2.05, 4.69) is 16.8 Å². The number of carbonyl (C=O) groups excluding carboxylic acids is 2. The third-order valence-corrected chi connectivity index (χ3v) is 9.29. The van der Waals surface area contributed by atoms with Crippen molar-refractivity contribution in [2.24, 2.45) is 0 Å². The standard InChI is InChI=1S/C34H39N7O6/c1-20-17-23(19-46-32(43)21-9-7-6-8-10-21)40-28(20)29(38-15-16-39(25-12-11-24(25)38)33(44)47-34(2,3)4)30(42)27-31(40)37-41(36-27)22-13-14-35-26(18-22)45-5/h6-10,13-14,18,20,23-25H,11-12,15-17,19H2,1-5H3/t20?,23?,24-,25-/m0/s1. The monoisotopic (exact) mass is 641 g/mol. The van der Waals surface area contributed by atoms with E-state index in [1.807, 2.05) is 36.3 Å². The molecule has 1 aliphatic carbocycles. The maximum absolute atomic E-state index is 14.5. The van der Waals surface area contributed by atoms with Gasteiger partial charge in [-0.2, -0.15) is 0 Å². The van der Waals surface area contributed by atoms with Gasteiger partial charge in [0.05, 0.1) is 36.1 Å². The Kier molecular flexibility index (Phi) is 7.64. The lowest BCUT2D eigenvalue weighted by Crippen LogP contribution is -2.67. The van der Waals surface area contributed by atoms with Gasteiger partial charge in [0, 0.05) is 37.3 Å². The van der Waals surface area contributed by atoms with Gasteiger partial charge in [0.2, 0.25) is 11.3 Å². The molecule has 13 nitrogen and oxygen atoms in total. The summed E-state index contributed by atoms with van der Waals surface area (Å²) < 4.78 is 18.9. The van der Waals surface area contributed by atoms with Crippen LogP contribution in [0.3, 0.4) is 0 Å². The van der Waals surface area contributed by atoms with Gasteiger partial charge in [0.25, 0.3) is 0 Å². The third kappa shape index (κ3) is 5.47. The van der Waals surface area contributed by atoms with Crippen LogP contribution in [0.5, 0.6) is 5.88 Å². The zero-order chi connectivity index (χ0) is 33.0. The zero-order valence-corrected chi connectivity index (χ0v) is 27.3. The minimum atomic E-state index is -0.600. The molecule has 1 saturated heterocycles. The van der Waals surface area contributed by atoms with Crippen molar-refractivity contribution in [3.63, 3.8) is 0 Å². The summed E-state index contributed by atoms with van der Waals surface area (Å²) >= 11 is 0. The Hall–Kier alpha value is -4.94. The van der Waals surface area contributed by atoms with Crippen LogP contribution in [0.15, 0.2) is 53.5 Å². The summed E-state index contributed by atoms with van der Waals surface area (Å²) in [5.41, 5.74) is 2.33. The number of aromatic nitrogens is 5. The average molecular weight is 642 g/mol. The smallest absolute Gasteiger partial charge is 0.410 e. The summed E-state index contributed by atoms with van der Waals surface area (Å²) in [4.78, 5) is 50.2. The van der Waals surface area contributed by atoms with E-state index in [1.54, 1.807) is 42.6 Å². The summed E-state index contributed by atoms with van der Waals surface area (Å²) in [5, 5.41) is 9.53. The minimum absolute atomic E-state index is 0.0314. The Bertz CT molecular complexity index is 1900. The van der Waals surface area contributed by atoms with Crippen LogP contribution < -0.4 is 15.1 Å². The molecule has 0 radical (unpaired) electrons. The third-order valence-electron chi connectivity index (χ3n) is 9.29. The van der Waals surface area contributed by atoms with E-state index < -0.39 is 11.6 Å². The molecule has 0 bridgehead atoms. The second-order valence-corrected chi connectivity index (χ2v) is 13.5. The van der Waals surface area contributed by atoms with Gasteiger partial charge in [-0.1, -0.05) is 25.1 Å². The Morgan fingerprint density at radius 2 is 1.79 bits per heavy atom. The lowest BCUT2D eigenvalue weighted by Gasteiger charge is -2.54. The Balaban J connectivity index is 1.30. The number of ether oxygens (including phenoxy) is 3. The van der Waals surface area contributed by atoms with Crippen molar-refractivity contribution >= 4 is 28.9 Å². The van der Waals surface area contributed by atoms with Gasteiger partial charge in [-0.25, -0.2) is 14.6 Å². The van der Waals surface area contributed by atoms with E-state index in [0.717, 1.165) is 18.5 Å². The average Bonchev–Trinajstić information content (AvgIpc) is 3.62. The molecular formula is C34H39N7O6. The number of pyridine rings is 2. The lowest BCUT2D eigenvalue weighted by atomic mass is 9.81. The van der Waals surface area contributed by atoms with Gasteiger partial charge in [-0.3, -0.25) is 4.79 Å². The molecule has 2 aliphatic heterocycles. The largest absolute Gasteiger partial charge is 0.481 e. The molecule has 4 atom stereocenters. The van der Waals surface area contributed by atoms with Crippen molar-refractivity contribution in [1.82, 2.24) is 29.4 Å². The summed E-state index contributed by atoms with van der Waals surface area (Å²) in [6.45, 7) is 8.70. The summed E-state index contributed by atoms with van der Waals surface area (Å²) in [5.74, 6) is -0.0496. The van der Waals surface area contributed by atoms with Crippen molar-refractivity contribution in [3.8, 4) is 11.6 Å². The molecule has 4 aromatic rings. The molecule has 3 aliphatic rings. The first-order valence-corrected chi connectivity index (χ1v) is 16.1. The van der Waals surface area contributed by atoms with Crippen LogP contribution in [-0.4, -0.2) is 86.0 Å². The predicted molar refractivity (Wildman–Crippen MR) is 173 cm³/mol. The van der Waals surface area contributed by atoms with Gasteiger partial charge < -0.3 is 28.6 Å². The van der Waals surface area contributed by atoms with Crippen molar-refractivity contribution in [1.29, 1.82) is 0 Å². The second-order valence-electron chi connectivity index (χ2n) is 13.5. The Labute approximate surface area is 272 Å². The van der Waals surface area contributed by atoms with Crippen LogP contribution in [0, 0.1) is 0 Å². The maximum Gasteiger partial charge on any atom is 0.410 e. The first kappa shape index (κ1) is 30.7. The van der Waals surface area contributed by atoms with Crippen molar-refractivity contribution in [2.75, 3.05) is 31.7 Å². The first-order valence-electron chi connectivity index (χ1n) is 16.1. The highest BCUT2D eigenvalue weighted by molar-refractivity contribution is 5.89. The van der Waals surface area contributed by atoms with E-state index >= 15 is 0 Å². The first-order chi connectivity index (χ1) is 22.5. The van der Waals surface area contributed by atoms with Crippen LogP contribution in [0.2, 0.25) is 0 Å². The van der Waals surface area contributed by atoms with Crippen LogP contribution >= 0.6 is 0 Å². The van der Waals surface area contributed by atoms with Crippen LogP contribution in [0.25, 0.3) is 16.9 Å². The van der Waals surface area contributed by atoms with Gasteiger partial charge in [0.15, 0.2) is 11.2 Å². The van der Waals surface area contributed by atoms with E-state index in [1.165, 1.54) is 11.9 Å². The number of hydrogen-bond acceptors (Lipinski definition) is 10. The molecular weight excluding hydrogens is 602 g/mol. The molecule has 5 heterocycles. The molecule has 246 valence electrons. The highest BCUT2D eigenvalue weighted by atomic mass is 16.6. The van der Waals surface area contributed by atoms with E-state index in [-0.39, 0.29) is 47.7 Å². The predicted octanol–water partition coefficient (Wildman–Crippen LogP) is 4.48. The fourth-order valence-electron chi connectivity index (χ4n) is 7.09. The van der Waals surface area contributed by atoms with E-state index in [9.17, 15) is 14.4 Å². The SMILES string of the molecule is COc1cc(-n2nc3c(=O)c(N4CCN(C(=O)OC(C)(C)C)[C@H]5CC[C@@H]54)c4n(c3n2)C(COC(=O)c2ccccc2)CC4C)ccn1. The number of hydrogen-bond donors (Lipinski definition) is 0. The number of amides is 1. The topological polar surface area (TPSA) is 134 Å². The number of anilines is 1. The molecule has 0 N–H and O–H groups in total. The Morgan fingerprint density at radius 3 is 2.49 bits per heavy atom. The van der Waals surface area contributed by atoms with E-state index in [4.69, 9.17) is 24.4 Å². The van der Waals surface area contributed by atoms with Gasteiger partial charge in [-0.05, 0) is 58.2 Å². The summed E-state index contributed by atoms with van der Waals surface area (Å²) in [6.07, 6.45) is 3.60. The minimum Gasteiger partial charge on any atom is -0.481 e. The highest BCUT2D eigenvalue weighted by Crippen LogP contribution is 2.45. The number of carbonyl (C=O) groups is 2. The van der Waals surface area contributed by atoms with Gasteiger partial charge in [-0.15, -0.1) is 15.0 Å². The zero-order valence-electron chi connectivity index (χ0n) is 27.3. The summed E-state index contributed by atoms with van der Waals surface area (Å²) in [7, 11) is 1.53. The Morgan fingerprint density at radius 1 is 1.02 bits per heavy atom. The quantitative estimate of drug-likeness (QED) is 0.278. The molecule has 2 unspecified atom stereocenters. The fourth-order valence-corrected chi connectivity index (χ4v) is 7.09. The van der Waals surface area contributed by atoms with Crippen molar-refractivity contribution in [2.45, 2.75) is 76.6 Å². The molecule has 1 saturated carbocycles. The lowest BCUT2D eigenvalue weighted by molar-refractivity contribution is -0.00453. The molecule has 1 amide bonds. The molecule has 1 aromatic carbocycles. The summed E-state index contributed by atoms with van der Waals surface area (Å²) in [6, 6.07) is 12.0. The number of esters is 1. The molecule has 13 heteroatoms. The van der Waals surface area contributed by atoms with Crippen LogP contribution in [0.1, 0.15) is 75.0 Å². The van der Waals surface area contributed by atoms with Gasteiger partial charge in [0.1, 0.15) is 17.9 Å². The van der Waals surface area contributed by atoms with Crippen molar-refractivity contribution < 1.29 is 23.8 Å². The number of nitrogens with zero attached hydrogens (tertiary/aromatic N) is 7. The molecule has 7 rings (SSSR count). The highest BCUT2D eigenvalue weighted by Gasteiger charge is 2.48. The normalized spacial score (nSPS) is 22.0. The molecule has 47 heavy (non-hydrogen) atoms. The molecule has 2 fully saturated rings. The second kappa shape index (κ2) is 11.7. The number of rotatable bonds is 6. The fraction of sp³-hybridized carbons (Fsp3) is 0.471. The molecule has 3 aromatic heterocycles. The van der Waals surface area contributed by atoms with Crippen LogP contribution in [-0.2, 0) is 9.47 Å². The number of benzene rings is 1. The van der Waals surface area contributed by atoms with Crippen LogP contribution in [0.4, 0.5) is 10.5 Å². The number of methoxy groups -OCH3 is 1. The molecule has 0 spiro atoms. The van der Waals surface area contributed by atoms with Crippen molar-refractivity contribution in [3.05, 3.63) is 70.1 Å².